The van der Waals surface area contributed by atoms with E-state index >= 15 is 0 Å². The molecule has 1 heterocycles. The van der Waals surface area contributed by atoms with Crippen molar-refractivity contribution >= 4 is 5.91 Å². The zero-order valence-corrected chi connectivity index (χ0v) is 53.0. The van der Waals surface area contributed by atoms with Crippen LogP contribution in [-0.2, 0) is 14.3 Å². The fourth-order valence-electron chi connectivity index (χ4n) is 10.5. The number of rotatable bonds is 59. The molecule has 1 aliphatic rings. The maximum Gasteiger partial charge on any atom is 0.220 e. The lowest BCUT2D eigenvalue weighted by Crippen LogP contribution is -2.60. The molecule has 0 aromatic rings. The highest BCUT2D eigenvalue weighted by Gasteiger charge is 2.44. The van der Waals surface area contributed by atoms with E-state index < -0.39 is 49.5 Å². The van der Waals surface area contributed by atoms with Crippen LogP contribution in [0.15, 0.2) is 97.2 Å². The first-order valence-corrected chi connectivity index (χ1v) is 34.5. The first-order chi connectivity index (χ1) is 40.3. The summed E-state index contributed by atoms with van der Waals surface area (Å²) in [5.74, 6) is -0.188. The number of carbonyl (C=O) groups excluding carboxylic acids is 1. The van der Waals surface area contributed by atoms with Gasteiger partial charge >= 0.3 is 0 Å². The standard InChI is InChI=1S/C73H129NO8/c1-3-5-7-9-11-13-15-17-19-21-23-25-27-28-29-30-31-32-33-34-35-36-37-38-39-40-41-43-45-47-49-51-53-55-57-59-61-63-69(77)74-66(65-81-73-72(80)71(79)70(78)68(64-75)82-73)67(76)62-60-58-56-54-52-50-48-46-44-42-26-24-22-20-18-16-14-12-10-8-6-4-2/h5,7,11,13,17,19,23,25,28-29,44,46,52,54,60,62,66-68,70-73,75-76,78-80H,3-4,6,8-10,12,14-16,18,20-22,24,26-27,30-43,45,47-51,53,55-59,61,63-65H2,1-2H3,(H,74,77)/b7-5-,13-11-,19-17-,25-23-,29-28-,46-44+,54-52+,62-60+. The zero-order chi connectivity index (χ0) is 59.3. The molecule has 474 valence electrons. The number of amides is 1. The normalized spacial score (nSPS) is 18.9. The van der Waals surface area contributed by atoms with Crippen LogP contribution in [0.2, 0.25) is 0 Å². The SMILES string of the molecule is CC/C=C\C/C=C\C/C=C\C/C=C\C/C=C\CCCCCCCCCCCCCCCCCCCCCCCC(=O)NC(COC1OC(CO)C(O)C(O)C1O)C(O)/C=C/CC/C=C/CC/C=C/CCCCCCCCCCCCCC. The molecule has 0 aromatic carbocycles. The Kier molecular flexibility index (Phi) is 57.6. The van der Waals surface area contributed by atoms with Crippen molar-refractivity contribution in [1.82, 2.24) is 5.32 Å². The van der Waals surface area contributed by atoms with Gasteiger partial charge in [-0.2, -0.15) is 0 Å². The van der Waals surface area contributed by atoms with Gasteiger partial charge in [0, 0.05) is 6.42 Å². The van der Waals surface area contributed by atoms with Crippen LogP contribution in [0.1, 0.15) is 303 Å². The smallest absolute Gasteiger partial charge is 0.220 e. The summed E-state index contributed by atoms with van der Waals surface area (Å²) >= 11 is 0. The molecule has 0 aliphatic carbocycles. The van der Waals surface area contributed by atoms with Crippen molar-refractivity contribution in [2.75, 3.05) is 13.2 Å². The summed E-state index contributed by atoms with van der Waals surface area (Å²) in [5.41, 5.74) is 0. The van der Waals surface area contributed by atoms with E-state index in [1.807, 2.05) is 6.08 Å². The molecule has 1 amide bonds. The lowest BCUT2D eigenvalue weighted by Gasteiger charge is -2.40. The highest BCUT2D eigenvalue weighted by molar-refractivity contribution is 5.76. The molecule has 0 bridgehead atoms. The number of hydrogen-bond donors (Lipinski definition) is 6. The summed E-state index contributed by atoms with van der Waals surface area (Å²) in [6, 6.07) is -0.832. The maximum absolute atomic E-state index is 13.1. The first kappa shape index (κ1) is 77.1. The second-order valence-corrected chi connectivity index (χ2v) is 23.6. The third kappa shape index (κ3) is 49.4. The Balaban J connectivity index is 2.13. The minimum Gasteiger partial charge on any atom is -0.394 e. The van der Waals surface area contributed by atoms with Crippen molar-refractivity contribution in [3.05, 3.63) is 97.2 Å². The molecule has 0 radical (unpaired) electrons. The Morgan fingerprint density at radius 2 is 0.768 bits per heavy atom. The van der Waals surface area contributed by atoms with Gasteiger partial charge in [0.1, 0.15) is 24.4 Å². The molecule has 6 N–H and O–H groups in total. The van der Waals surface area contributed by atoms with Gasteiger partial charge in [-0.3, -0.25) is 4.79 Å². The predicted octanol–water partition coefficient (Wildman–Crippen LogP) is 18.7. The topological polar surface area (TPSA) is 149 Å². The second-order valence-electron chi connectivity index (χ2n) is 23.6. The van der Waals surface area contributed by atoms with E-state index in [9.17, 15) is 30.3 Å². The Morgan fingerprint density at radius 1 is 0.427 bits per heavy atom. The Morgan fingerprint density at radius 3 is 1.17 bits per heavy atom. The van der Waals surface area contributed by atoms with E-state index in [-0.39, 0.29) is 12.5 Å². The van der Waals surface area contributed by atoms with Crippen LogP contribution in [0.5, 0.6) is 0 Å². The van der Waals surface area contributed by atoms with Gasteiger partial charge in [0.05, 0.1) is 25.4 Å². The van der Waals surface area contributed by atoms with Gasteiger partial charge in [-0.1, -0.05) is 304 Å². The molecule has 82 heavy (non-hydrogen) atoms. The Labute approximate surface area is 504 Å². The third-order valence-electron chi connectivity index (χ3n) is 15.9. The highest BCUT2D eigenvalue weighted by atomic mass is 16.7. The molecule has 9 heteroatoms. The van der Waals surface area contributed by atoms with Crippen molar-refractivity contribution in [2.45, 2.75) is 346 Å². The van der Waals surface area contributed by atoms with Crippen LogP contribution >= 0.6 is 0 Å². The molecule has 7 atom stereocenters. The number of allylic oxidation sites excluding steroid dienone is 15. The number of carbonyl (C=O) groups is 1. The average Bonchev–Trinajstić information content (AvgIpc) is 3.59. The summed E-state index contributed by atoms with van der Waals surface area (Å²) in [4.78, 5) is 13.1. The molecule has 1 aliphatic heterocycles. The highest BCUT2D eigenvalue weighted by Crippen LogP contribution is 2.23. The van der Waals surface area contributed by atoms with Crippen LogP contribution in [0.3, 0.4) is 0 Å². The number of ether oxygens (including phenoxy) is 2. The molecule has 9 nitrogen and oxygen atoms in total. The lowest BCUT2D eigenvalue weighted by atomic mass is 9.99. The third-order valence-corrected chi connectivity index (χ3v) is 15.9. The number of hydrogen-bond acceptors (Lipinski definition) is 8. The molecule has 1 saturated heterocycles. The van der Waals surface area contributed by atoms with Gasteiger partial charge in [0.25, 0.3) is 0 Å². The molecule has 0 aromatic heterocycles. The minimum absolute atomic E-state index is 0.188. The van der Waals surface area contributed by atoms with E-state index in [0.717, 1.165) is 77.0 Å². The fraction of sp³-hybridized carbons (Fsp3) is 0.767. The molecule has 0 saturated carbocycles. The zero-order valence-electron chi connectivity index (χ0n) is 53.0. The predicted molar refractivity (Wildman–Crippen MR) is 350 cm³/mol. The molecule has 0 spiro atoms. The van der Waals surface area contributed by atoms with Crippen LogP contribution in [0.4, 0.5) is 0 Å². The molecule has 1 fully saturated rings. The number of nitrogens with one attached hydrogen (secondary N) is 1. The maximum atomic E-state index is 13.1. The van der Waals surface area contributed by atoms with Gasteiger partial charge in [-0.15, -0.1) is 0 Å². The monoisotopic (exact) mass is 1150 g/mol. The number of aliphatic hydroxyl groups is 5. The summed E-state index contributed by atoms with van der Waals surface area (Å²) in [6.07, 6.45) is 82.3. The summed E-state index contributed by atoms with van der Waals surface area (Å²) in [6.45, 7) is 3.67. The largest absolute Gasteiger partial charge is 0.394 e. The van der Waals surface area contributed by atoms with Gasteiger partial charge in [-0.05, 0) is 89.9 Å². The van der Waals surface area contributed by atoms with E-state index in [1.54, 1.807) is 6.08 Å². The molecule has 1 rings (SSSR count). The van der Waals surface area contributed by atoms with Crippen molar-refractivity contribution in [2.24, 2.45) is 0 Å². The molecular weight excluding hydrogens is 1020 g/mol. The van der Waals surface area contributed by atoms with Crippen molar-refractivity contribution in [3.8, 4) is 0 Å². The van der Waals surface area contributed by atoms with Crippen molar-refractivity contribution < 1.29 is 39.8 Å². The van der Waals surface area contributed by atoms with Crippen LogP contribution < -0.4 is 5.32 Å². The Hall–Kier alpha value is -2.89. The minimum atomic E-state index is -1.58. The van der Waals surface area contributed by atoms with E-state index in [2.05, 4.69) is 104 Å². The van der Waals surface area contributed by atoms with Crippen LogP contribution in [0, 0.1) is 0 Å². The van der Waals surface area contributed by atoms with Gasteiger partial charge in [-0.25, -0.2) is 0 Å². The van der Waals surface area contributed by atoms with Crippen LogP contribution in [-0.4, -0.2) is 87.5 Å². The first-order valence-electron chi connectivity index (χ1n) is 34.5. The second kappa shape index (κ2) is 61.2. The fourth-order valence-corrected chi connectivity index (χ4v) is 10.5. The van der Waals surface area contributed by atoms with Crippen LogP contribution in [0.25, 0.3) is 0 Å². The Bertz CT molecular complexity index is 1620. The molecule has 7 unspecified atom stereocenters. The van der Waals surface area contributed by atoms with E-state index in [4.69, 9.17) is 9.47 Å². The summed E-state index contributed by atoms with van der Waals surface area (Å²) in [5, 5.41) is 54.7. The van der Waals surface area contributed by atoms with E-state index in [0.29, 0.717) is 6.42 Å². The van der Waals surface area contributed by atoms with Crippen molar-refractivity contribution in [1.29, 1.82) is 0 Å². The van der Waals surface area contributed by atoms with Gasteiger partial charge < -0.3 is 40.3 Å². The van der Waals surface area contributed by atoms with Crippen molar-refractivity contribution in [3.63, 3.8) is 0 Å². The van der Waals surface area contributed by atoms with E-state index in [1.165, 1.54) is 205 Å². The summed E-state index contributed by atoms with van der Waals surface area (Å²) in [7, 11) is 0. The quantitative estimate of drug-likeness (QED) is 0.0261. The van der Waals surface area contributed by atoms with Gasteiger partial charge in [0.15, 0.2) is 6.29 Å². The average molecular weight is 1150 g/mol. The van der Waals surface area contributed by atoms with Gasteiger partial charge in [0.2, 0.25) is 5.91 Å². The lowest BCUT2D eigenvalue weighted by molar-refractivity contribution is -0.302. The number of aliphatic hydroxyl groups excluding tert-OH is 5. The number of unbranched alkanes of at least 4 members (excludes halogenated alkanes) is 35. The molecular formula is C73H129NO8. The summed E-state index contributed by atoms with van der Waals surface area (Å²) < 4.78 is 11.3.